The highest BCUT2D eigenvalue weighted by Crippen LogP contribution is 2.12. The highest BCUT2D eigenvalue weighted by atomic mass is 16.5. The Hall–Kier alpha value is -1.59. The smallest absolute Gasteiger partial charge is 0.191 e. The summed E-state index contributed by atoms with van der Waals surface area (Å²) in [5.74, 6) is 1.46. The number of rotatable bonds is 6. The van der Waals surface area contributed by atoms with Crippen molar-refractivity contribution in [3.63, 3.8) is 0 Å². The lowest BCUT2D eigenvalue weighted by Crippen LogP contribution is -2.40. The first-order valence-corrected chi connectivity index (χ1v) is 8.93. The van der Waals surface area contributed by atoms with E-state index in [4.69, 9.17) is 4.74 Å². The van der Waals surface area contributed by atoms with Crippen LogP contribution in [0.2, 0.25) is 0 Å². The van der Waals surface area contributed by atoms with Crippen LogP contribution >= 0.6 is 0 Å². The van der Waals surface area contributed by atoms with Gasteiger partial charge in [-0.25, -0.2) is 0 Å². The zero-order valence-electron chi connectivity index (χ0n) is 15.5. The number of aliphatic imine (C=N–C) groups is 1. The van der Waals surface area contributed by atoms with E-state index >= 15 is 0 Å². The Morgan fingerprint density at radius 3 is 2.83 bits per heavy atom. The van der Waals surface area contributed by atoms with E-state index < -0.39 is 0 Å². The fourth-order valence-electron chi connectivity index (χ4n) is 2.84. The van der Waals surface area contributed by atoms with Gasteiger partial charge in [-0.05, 0) is 24.0 Å². The summed E-state index contributed by atoms with van der Waals surface area (Å²) in [5, 5.41) is 6.73. The Morgan fingerprint density at radius 1 is 1.33 bits per heavy atom. The van der Waals surface area contributed by atoms with Crippen LogP contribution in [0.5, 0.6) is 0 Å². The number of nitrogens with one attached hydrogen (secondary N) is 2. The van der Waals surface area contributed by atoms with E-state index in [0.717, 1.165) is 45.3 Å². The second kappa shape index (κ2) is 9.64. The van der Waals surface area contributed by atoms with Crippen LogP contribution in [0, 0.1) is 5.92 Å². The molecule has 0 saturated carbocycles. The summed E-state index contributed by atoms with van der Waals surface area (Å²) in [7, 11) is 1.81. The Bertz CT molecular complexity index is 530. The molecule has 1 saturated heterocycles. The van der Waals surface area contributed by atoms with Crippen LogP contribution in [0.25, 0.3) is 0 Å². The van der Waals surface area contributed by atoms with Crippen molar-refractivity contribution < 1.29 is 4.74 Å². The Labute approximate surface area is 146 Å². The number of hydrogen-bond donors (Lipinski definition) is 2. The fraction of sp³-hybridized carbons (Fsp3) is 0.632. The standard InChI is InChI=1S/C19H32N4O/c1-15(2)11-21-19(20-4)22-12-17-6-5-7-18(10-17)14-23-8-9-24-16(3)13-23/h5-7,10,15-16H,8-9,11-14H2,1-4H3,(H2,20,21,22). The SMILES string of the molecule is CN=C(NCc1cccc(CN2CCOC(C)C2)c1)NCC(C)C. The molecule has 0 aromatic heterocycles. The van der Waals surface area contributed by atoms with Gasteiger partial charge in [-0.3, -0.25) is 9.89 Å². The number of benzene rings is 1. The third-order valence-corrected chi connectivity index (χ3v) is 4.08. The van der Waals surface area contributed by atoms with Gasteiger partial charge in [-0.1, -0.05) is 38.1 Å². The second-order valence-electron chi connectivity index (χ2n) is 6.94. The van der Waals surface area contributed by atoms with Gasteiger partial charge in [-0.2, -0.15) is 0 Å². The van der Waals surface area contributed by atoms with Gasteiger partial charge in [0.05, 0.1) is 12.7 Å². The van der Waals surface area contributed by atoms with E-state index in [-0.39, 0.29) is 0 Å². The van der Waals surface area contributed by atoms with Crippen LogP contribution < -0.4 is 10.6 Å². The zero-order valence-corrected chi connectivity index (χ0v) is 15.5. The number of hydrogen-bond acceptors (Lipinski definition) is 3. The first kappa shape index (κ1) is 18.7. The average molecular weight is 332 g/mol. The van der Waals surface area contributed by atoms with E-state index in [0.29, 0.717) is 12.0 Å². The molecule has 134 valence electrons. The summed E-state index contributed by atoms with van der Waals surface area (Å²) in [6, 6.07) is 8.78. The molecule has 1 heterocycles. The Morgan fingerprint density at radius 2 is 2.12 bits per heavy atom. The fourth-order valence-corrected chi connectivity index (χ4v) is 2.84. The normalized spacial score (nSPS) is 19.5. The maximum atomic E-state index is 5.61. The van der Waals surface area contributed by atoms with Gasteiger partial charge in [-0.15, -0.1) is 0 Å². The molecule has 2 rings (SSSR count). The Balaban J connectivity index is 1.85. The highest BCUT2D eigenvalue weighted by molar-refractivity contribution is 5.79. The zero-order chi connectivity index (χ0) is 17.4. The quantitative estimate of drug-likeness (QED) is 0.619. The molecule has 5 nitrogen and oxygen atoms in total. The molecule has 1 atom stereocenters. The summed E-state index contributed by atoms with van der Waals surface area (Å²) in [5.41, 5.74) is 2.63. The third-order valence-electron chi connectivity index (χ3n) is 4.08. The third kappa shape index (κ3) is 6.49. The van der Waals surface area contributed by atoms with Crippen LogP contribution in [-0.2, 0) is 17.8 Å². The van der Waals surface area contributed by atoms with Gasteiger partial charge >= 0.3 is 0 Å². The van der Waals surface area contributed by atoms with Gasteiger partial charge in [0.25, 0.3) is 0 Å². The molecule has 0 radical (unpaired) electrons. The molecular formula is C19H32N4O. The largest absolute Gasteiger partial charge is 0.376 e. The first-order valence-electron chi connectivity index (χ1n) is 8.93. The minimum Gasteiger partial charge on any atom is -0.376 e. The maximum absolute atomic E-state index is 5.61. The first-order chi connectivity index (χ1) is 11.6. The van der Waals surface area contributed by atoms with Crippen molar-refractivity contribution in [2.45, 2.75) is 40.0 Å². The number of nitrogens with zero attached hydrogens (tertiary/aromatic N) is 2. The van der Waals surface area contributed by atoms with Crippen LogP contribution in [0.4, 0.5) is 0 Å². The van der Waals surface area contributed by atoms with Gasteiger partial charge in [0.1, 0.15) is 0 Å². The molecule has 1 fully saturated rings. The molecule has 5 heteroatoms. The van der Waals surface area contributed by atoms with Crippen LogP contribution in [-0.4, -0.2) is 50.3 Å². The lowest BCUT2D eigenvalue weighted by Gasteiger charge is -2.31. The molecule has 0 spiro atoms. The van der Waals surface area contributed by atoms with Crippen molar-refractivity contribution in [1.82, 2.24) is 15.5 Å². The summed E-state index contributed by atoms with van der Waals surface area (Å²) in [6.45, 7) is 12.1. The van der Waals surface area contributed by atoms with Crippen molar-refractivity contribution in [3.8, 4) is 0 Å². The molecule has 1 aromatic carbocycles. The molecule has 2 N–H and O–H groups in total. The van der Waals surface area contributed by atoms with E-state index in [1.54, 1.807) is 0 Å². The minimum absolute atomic E-state index is 0.332. The summed E-state index contributed by atoms with van der Waals surface area (Å²) in [6.07, 6.45) is 0.332. The van der Waals surface area contributed by atoms with Crippen LogP contribution in [0.3, 0.4) is 0 Å². The van der Waals surface area contributed by atoms with Crippen molar-refractivity contribution >= 4 is 5.96 Å². The second-order valence-corrected chi connectivity index (χ2v) is 6.94. The average Bonchev–Trinajstić information content (AvgIpc) is 2.55. The molecule has 24 heavy (non-hydrogen) atoms. The van der Waals surface area contributed by atoms with Crippen molar-refractivity contribution in [3.05, 3.63) is 35.4 Å². The van der Waals surface area contributed by atoms with E-state index in [2.05, 4.69) is 65.6 Å². The number of morpholine rings is 1. The van der Waals surface area contributed by atoms with E-state index in [1.165, 1.54) is 11.1 Å². The van der Waals surface area contributed by atoms with Crippen LogP contribution in [0.15, 0.2) is 29.3 Å². The maximum Gasteiger partial charge on any atom is 0.191 e. The topological polar surface area (TPSA) is 48.9 Å². The molecule has 1 aliphatic rings. The predicted octanol–water partition coefficient (Wildman–Crippen LogP) is 2.23. The lowest BCUT2D eigenvalue weighted by atomic mass is 10.1. The molecule has 1 unspecified atom stereocenters. The predicted molar refractivity (Wildman–Crippen MR) is 100 cm³/mol. The lowest BCUT2D eigenvalue weighted by molar-refractivity contribution is -0.0212. The number of ether oxygens (including phenoxy) is 1. The van der Waals surface area contributed by atoms with Gasteiger partial charge in [0.2, 0.25) is 0 Å². The summed E-state index contributed by atoms with van der Waals surface area (Å²) < 4.78 is 5.61. The molecule has 0 amide bonds. The minimum atomic E-state index is 0.332. The Kier molecular flexibility index (Phi) is 7.53. The number of guanidine groups is 1. The van der Waals surface area contributed by atoms with Crippen molar-refractivity contribution in [1.29, 1.82) is 0 Å². The molecule has 1 aromatic rings. The van der Waals surface area contributed by atoms with E-state index in [9.17, 15) is 0 Å². The van der Waals surface area contributed by atoms with E-state index in [1.807, 2.05) is 7.05 Å². The van der Waals surface area contributed by atoms with Gasteiger partial charge in [0, 0.05) is 39.8 Å². The molecule has 0 bridgehead atoms. The van der Waals surface area contributed by atoms with Gasteiger partial charge in [0.15, 0.2) is 5.96 Å². The molecule has 1 aliphatic heterocycles. The van der Waals surface area contributed by atoms with Crippen LogP contribution in [0.1, 0.15) is 31.9 Å². The summed E-state index contributed by atoms with van der Waals surface area (Å²) >= 11 is 0. The van der Waals surface area contributed by atoms with Crippen molar-refractivity contribution in [2.75, 3.05) is 33.3 Å². The van der Waals surface area contributed by atoms with Gasteiger partial charge < -0.3 is 15.4 Å². The van der Waals surface area contributed by atoms with Crippen molar-refractivity contribution in [2.24, 2.45) is 10.9 Å². The highest BCUT2D eigenvalue weighted by Gasteiger charge is 2.16. The molecule has 0 aliphatic carbocycles. The molecular weight excluding hydrogens is 300 g/mol. The summed E-state index contributed by atoms with van der Waals surface area (Å²) in [4.78, 5) is 6.73. The monoisotopic (exact) mass is 332 g/mol.